The van der Waals surface area contributed by atoms with Gasteiger partial charge in [0.05, 0.1) is 0 Å². The molecule has 2 nitrogen and oxygen atoms in total. The van der Waals surface area contributed by atoms with E-state index in [9.17, 15) is 4.79 Å². The van der Waals surface area contributed by atoms with Crippen LogP contribution in [0.1, 0.15) is 19.8 Å². The van der Waals surface area contributed by atoms with E-state index in [0.29, 0.717) is 6.42 Å². The van der Waals surface area contributed by atoms with Gasteiger partial charge in [0, 0.05) is 9.37 Å². The lowest BCUT2D eigenvalue weighted by atomic mass is 10.2. The highest BCUT2D eigenvalue weighted by molar-refractivity contribution is 9.10. The minimum atomic E-state index is -0.732. The van der Waals surface area contributed by atoms with Gasteiger partial charge in [0.2, 0.25) is 0 Å². The zero-order chi connectivity index (χ0) is 11.3. The molecule has 4 heteroatoms. The molecule has 0 aromatic heterocycles. The van der Waals surface area contributed by atoms with E-state index >= 15 is 0 Å². The topological polar surface area (TPSA) is 37.3 Å². The fraction of sp³-hybridized carbons (Fsp3) is 0.364. The lowest BCUT2D eigenvalue weighted by molar-refractivity contribution is -0.136. The predicted octanol–water partition coefficient (Wildman–Crippen LogP) is 3.79. The highest BCUT2D eigenvalue weighted by atomic mass is 79.9. The van der Waals surface area contributed by atoms with Crippen LogP contribution in [0.4, 0.5) is 0 Å². The highest BCUT2D eigenvalue weighted by Gasteiger charge is 2.17. The molecule has 0 saturated heterocycles. The Morgan fingerprint density at radius 3 is 2.53 bits per heavy atom. The van der Waals surface area contributed by atoms with Crippen LogP contribution in [0.15, 0.2) is 33.6 Å². The molecule has 0 aliphatic rings. The van der Waals surface area contributed by atoms with Gasteiger partial charge in [-0.3, -0.25) is 4.79 Å². The van der Waals surface area contributed by atoms with E-state index in [1.165, 1.54) is 11.8 Å². The van der Waals surface area contributed by atoms with Crippen LogP contribution in [0, 0.1) is 0 Å². The van der Waals surface area contributed by atoms with Gasteiger partial charge in [-0.1, -0.05) is 29.3 Å². The first-order chi connectivity index (χ1) is 7.13. The third-order valence-electron chi connectivity index (χ3n) is 1.92. The number of thioether (sulfide) groups is 1. The van der Waals surface area contributed by atoms with Crippen LogP contribution in [0.25, 0.3) is 0 Å². The van der Waals surface area contributed by atoms with Crippen molar-refractivity contribution in [3.8, 4) is 0 Å². The Balaban J connectivity index is 2.65. The van der Waals surface area contributed by atoms with E-state index in [2.05, 4.69) is 15.9 Å². The Kier molecular flexibility index (Phi) is 5.19. The van der Waals surface area contributed by atoms with Gasteiger partial charge in [0.25, 0.3) is 0 Å². The van der Waals surface area contributed by atoms with E-state index in [-0.39, 0.29) is 5.25 Å². The molecule has 1 atom stereocenters. The third-order valence-corrected chi connectivity index (χ3v) is 3.71. The van der Waals surface area contributed by atoms with Crippen molar-refractivity contribution in [2.45, 2.75) is 29.9 Å². The fourth-order valence-electron chi connectivity index (χ4n) is 1.17. The minimum absolute atomic E-state index is 0.337. The summed E-state index contributed by atoms with van der Waals surface area (Å²) in [4.78, 5) is 11.9. The zero-order valence-corrected chi connectivity index (χ0v) is 10.8. The minimum Gasteiger partial charge on any atom is -0.480 e. The summed E-state index contributed by atoms with van der Waals surface area (Å²) in [6, 6.07) is 7.71. The Bertz CT molecular complexity index is 324. The Hall–Kier alpha value is -0.480. The molecule has 1 unspecified atom stereocenters. The van der Waals surface area contributed by atoms with Gasteiger partial charge >= 0.3 is 5.97 Å². The largest absolute Gasteiger partial charge is 0.480 e. The second kappa shape index (κ2) is 6.18. The van der Waals surface area contributed by atoms with Gasteiger partial charge in [-0.25, -0.2) is 0 Å². The maximum absolute atomic E-state index is 10.9. The molecule has 0 fully saturated rings. The van der Waals surface area contributed by atoms with Gasteiger partial charge in [-0.2, -0.15) is 0 Å². The summed E-state index contributed by atoms with van der Waals surface area (Å²) in [7, 11) is 0. The molecule has 1 rings (SSSR count). The molecular weight excluding hydrogens is 276 g/mol. The number of halogens is 1. The number of benzene rings is 1. The number of hydrogen-bond donors (Lipinski definition) is 1. The molecule has 0 saturated carbocycles. The normalized spacial score (nSPS) is 12.4. The number of aliphatic carboxylic acids is 1. The van der Waals surface area contributed by atoms with E-state index in [1.54, 1.807) is 0 Å². The SMILES string of the molecule is CCCC(Sc1ccc(Br)cc1)C(=O)O. The van der Waals surface area contributed by atoms with Gasteiger partial charge < -0.3 is 5.11 Å². The summed E-state index contributed by atoms with van der Waals surface area (Å²) >= 11 is 4.76. The van der Waals surface area contributed by atoms with Crippen LogP contribution in [0.2, 0.25) is 0 Å². The van der Waals surface area contributed by atoms with E-state index in [1.807, 2.05) is 31.2 Å². The van der Waals surface area contributed by atoms with E-state index in [4.69, 9.17) is 5.11 Å². The fourth-order valence-corrected chi connectivity index (χ4v) is 2.51. The van der Waals surface area contributed by atoms with E-state index in [0.717, 1.165) is 15.8 Å². The lowest BCUT2D eigenvalue weighted by Crippen LogP contribution is -2.15. The Morgan fingerprint density at radius 1 is 1.47 bits per heavy atom. The maximum Gasteiger partial charge on any atom is 0.316 e. The van der Waals surface area contributed by atoms with E-state index < -0.39 is 5.97 Å². The van der Waals surface area contributed by atoms with Crippen LogP contribution in [0.3, 0.4) is 0 Å². The van der Waals surface area contributed by atoms with Crippen molar-refractivity contribution in [2.75, 3.05) is 0 Å². The van der Waals surface area contributed by atoms with Gasteiger partial charge in [-0.05, 0) is 30.7 Å². The highest BCUT2D eigenvalue weighted by Crippen LogP contribution is 2.27. The molecule has 0 bridgehead atoms. The molecule has 82 valence electrons. The summed E-state index contributed by atoms with van der Waals surface area (Å²) in [5.74, 6) is -0.732. The number of carbonyl (C=O) groups is 1. The van der Waals surface area contributed by atoms with Gasteiger partial charge in [0.1, 0.15) is 5.25 Å². The molecule has 0 aliphatic heterocycles. The van der Waals surface area contributed by atoms with Gasteiger partial charge in [0.15, 0.2) is 0 Å². The molecule has 15 heavy (non-hydrogen) atoms. The molecular formula is C11H13BrO2S. The molecule has 1 aromatic rings. The molecule has 0 aliphatic carbocycles. The van der Waals surface area contributed by atoms with Crippen LogP contribution >= 0.6 is 27.7 Å². The quantitative estimate of drug-likeness (QED) is 0.838. The molecule has 1 N–H and O–H groups in total. The van der Waals surface area contributed by atoms with Crippen molar-refractivity contribution >= 4 is 33.7 Å². The third kappa shape index (κ3) is 4.26. The first-order valence-corrected chi connectivity index (χ1v) is 6.45. The van der Waals surface area contributed by atoms with Crippen molar-refractivity contribution in [3.05, 3.63) is 28.7 Å². The van der Waals surface area contributed by atoms with Crippen molar-refractivity contribution in [2.24, 2.45) is 0 Å². The first-order valence-electron chi connectivity index (χ1n) is 4.78. The van der Waals surface area contributed by atoms with Gasteiger partial charge in [-0.15, -0.1) is 11.8 Å². The summed E-state index contributed by atoms with van der Waals surface area (Å²) in [5.41, 5.74) is 0. The van der Waals surface area contributed by atoms with Crippen LogP contribution in [0.5, 0.6) is 0 Å². The van der Waals surface area contributed by atoms with Crippen LogP contribution < -0.4 is 0 Å². The van der Waals surface area contributed by atoms with Crippen LogP contribution in [-0.4, -0.2) is 16.3 Å². The number of hydrogen-bond acceptors (Lipinski definition) is 2. The predicted molar refractivity (Wildman–Crippen MR) is 66.3 cm³/mol. The smallest absolute Gasteiger partial charge is 0.316 e. The second-order valence-corrected chi connectivity index (χ2v) is 5.38. The number of carboxylic acid groups (broad SMARTS) is 1. The standard InChI is InChI=1S/C11H13BrO2S/c1-2-3-10(11(13)14)15-9-6-4-8(12)5-7-9/h4-7,10H,2-3H2,1H3,(H,13,14). The number of carboxylic acids is 1. The second-order valence-electron chi connectivity index (χ2n) is 3.19. The molecule has 1 aromatic carbocycles. The monoisotopic (exact) mass is 288 g/mol. The number of rotatable bonds is 5. The summed E-state index contributed by atoms with van der Waals surface area (Å²) in [5, 5.41) is 8.65. The van der Waals surface area contributed by atoms with Crippen molar-refractivity contribution in [1.82, 2.24) is 0 Å². The lowest BCUT2D eigenvalue weighted by Gasteiger charge is -2.10. The maximum atomic E-state index is 10.9. The summed E-state index contributed by atoms with van der Waals surface area (Å²) in [6.07, 6.45) is 1.59. The van der Waals surface area contributed by atoms with Crippen molar-refractivity contribution < 1.29 is 9.90 Å². The molecule has 0 spiro atoms. The summed E-state index contributed by atoms with van der Waals surface area (Å²) < 4.78 is 1.01. The Labute approximate surface area is 102 Å². The van der Waals surface area contributed by atoms with Crippen LogP contribution in [-0.2, 0) is 4.79 Å². The average Bonchev–Trinajstić information content (AvgIpc) is 2.20. The molecule has 0 amide bonds. The van der Waals surface area contributed by atoms with Crippen molar-refractivity contribution in [3.63, 3.8) is 0 Å². The van der Waals surface area contributed by atoms with Crippen molar-refractivity contribution in [1.29, 1.82) is 0 Å². The first kappa shape index (κ1) is 12.6. The zero-order valence-electron chi connectivity index (χ0n) is 8.44. The Morgan fingerprint density at radius 2 is 2.07 bits per heavy atom. The average molecular weight is 289 g/mol. The molecule has 0 heterocycles. The molecule has 0 radical (unpaired) electrons. The summed E-state index contributed by atoms with van der Waals surface area (Å²) in [6.45, 7) is 2.00.